The minimum absolute atomic E-state index is 0.649. The summed E-state index contributed by atoms with van der Waals surface area (Å²) >= 11 is 0. The molecule has 14 heavy (non-hydrogen) atoms. The standard InChI is InChI=1S/C13H25O/c1-3-4-5-6-7-8-9-10-11-12-13-14-2/h11-12H,2-10,13H2,1H3/b12-11+. The Kier molecular flexibility index (Phi) is 12.4. The fourth-order valence-electron chi connectivity index (χ4n) is 1.47. The molecule has 0 aromatic carbocycles. The third kappa shape index (κ3) is 11.7. The molecule has 0 aromatic heterocycles. The maximum atomic E-state index is 4.68. The lowest BCUT2D eigenvalue weighted by Crippen LogP contribution is -1.80. The van der Waals surface area contributed by atoms with Crippen LogP contribution in [-0.2, 0) is 4.74 Å². The van der Waals surface area contributed by atoms with Gasteiger partial charge in [-0.1, -0.05) is 57.6 Å². The second-order valence-corrected chi connectivity index (χ2v) is 3.75. The van der Waals surface area contributed by atoms with Crippen molar-refractivity contribution in [3.05, 3.63) is 19.3 Å². The monoisotopic (exact) mass is 197 g/mol. The summed E-state index contributed by atoms with van der Waals surface area (Å²) in [5.41, 5.74) is 0. The fourth-order valence-corrected chi connectivity index (χ4v) is 1.47. The Morgan fingerprint density at radius 1 is 0.929 bits per heavy atom. The van der Waals surface area contributed by atoms with Crippen LogP contribution >= 0.6 is 0 Å². The first-order valence-electron chi connectivity index (χ1n) is 5.93. The SMILES string of the molecule is [CH2]OC/C=C/CCCCCCCCC. The van der Waals surface area contributed by atoms with Gasteiger partial charge in [0.05, 0.1) is 13.7 Å². The molecule has 0 bridgehead atoms. The van der Waals surface area contributed by atoms with Crippen LogP contribution in [0.4, 0.5) is 0 Å². The Hall–Kier alpha value is -0.300. The van der Waals surface area contributed by atoms with E-state index in [0.717, 1.165) is 0 Å². The van der Waals surface area contributed by atoms with E-state index in [1.54, 1.807) is 0 Å². The Bertz CT molecular complexity index is 118. The van der Waals surface area contributed by atoms with Gasteiger partial charge in [-0.2, -0.15) is 0 Å². The second-order valence-electron chi connectivity index (χ2n) is 3.75. The van der Waals surface area contributed by atoms with E-state index < -0.39 is 0 Å². The largest absolute Gasteiger partial charge is 0.375 e. The van der Waals surface area contributed by atoms with Gasteiger partial charge in [0.1, 0.15) is 0 Å². The summed E-state index contributed by atoms with van der Waals surface area (Å²) in [4.78, 5) is 0. The van der Waals surface area contributed by atoms with Crippen molar-refractivity contribution in [1.82, 2.24) is 0 Å². The lowest BCUT2D eigenvalue weighted by atomic mass is 10.1. The number of hydrogen-bond acceptors (Lipinski definition) is 1. The van der Waals surface area contributed by atoms with Crippen molar-refractivity contribution in [2.75, 3.05) is 6.61 Å². The zero-order valence-corrected chi connectivity index (χ0v) is 9.63. The minimum Gasteiger partial charge on any atom is -0.375 e. The van der Waals surface area contributed by atoms with Gasteiger partial charge in [-0.15, -0.1) is 0 Å². The molecular formula is C13H25O. The third-order valence-electron chi connectivity index (χ3n) is 2.36. The average Bonchev–Trinajstić information content (AvgIpc) is 2.21. The quantitative estimate of drug-likeness (QED) is 0.370. The Balaban J connectivity index is 2.91. The highest BCUT2D eigenvalue weighted by Gasteiger charge is 1.88. The van der Waals surface area contributed by atoms with Gasteiger partial charge >= 0.3 is 0 Å². The van der Waals surface area contributed by atoms with Crippen molar-refractivity contribution in [2.24, 2.45) is 0 Å². The summed E-state index contributed by atoms with van der Waals surface area (Å²) in [6.45, 7) is 2.91. The molecule has 0 saturated heterocycles. The first-order valence-corrected chi connectivity index (χ1v) is 5.93. The average molecular weight is 197 g/mol. The van der Waals surface area contributed by atoms with Crippen LogP contribution in [0.3, 0.4) is 0 Å². The van der Waals surface area contributed by atoms with Gasteiger partial charge in [-0.3, -0.25) is 0 Å². The predicted octanol–water partition coefficient (Wildman–Crippen LogP) is 4.49. The van der Waals surface area contributed by atoms with Crippen LogP contribution in [0.2, 0.25) is 0 Å². The molecule has 1 heteroatoms. The zero-order valence-electron chi connectivity index (χ0n) is 9.63. The van der Waals surface area contributed by atoms with Gasteiger partial charge in [0.2, 0.25) is 0 Å². The summed E-state index contributed by atoms with van der Waals surface area (Å²) in [5.74, 6) is 0. The van der Waals surface area contributed by atoms with Crippen LogP contribution in [0.5, 0.6) is 0 Å². The van der Waals surface area contributed by atoms with Crippen molar-refractivity contribution in [3.8, 4) is 0 Å². The highest BCUT2D eigenvalue weighted by molar-refractivity contribution is 4.81. The van der Waals surface area contributed by atoms with E-state index in [-0.39, 0.29) is 0 Å². The predicted molar refractivity (Wildman–Crippen MR) is 63.1 cm³/mol. The number of allylic oxidation sites excluding steroid dienone is 1. The van der Waals surface area contributed by atoms with Crippen molar-refractivity contribution in [3.63, 3.8) is 0 Å². The third-order valence-corrected chi connectivity index (χ3v) is 2.36. The molecule has 1 nitrogen and oxygen atoms in total. The molecule has 0 unspecified atom stereocenters. The van der Waals surface area contributed by atoms with E-state index >= 15 is 0 Å². The number of rotatable bonds is 10. The Labute approximate surface area is 89.5 Å². The zero-order chi connectivity index (χ0) is 10.5. The normalized spacial score (nSPS) is 11.3. The van der Waals surface area contributed by atoms with Gasteiger partial charge in [-0.05, 0) is 12.8 Å². The molecular weight excluding hydrogens is 172 g/mol. The van der Waals surface area contributed by atoms with E-state index in [0.29, 0.717) is 6.61 Å². The summed E-state index contributed by atoms with van der Waals surface area (Å²) in [6, 6.07) is 0. The first kappa shape index (κ1) is 13.7. The number of unbranched alkanes of at least 4 members (excludes halogenated alkanes) is 7. The minimum atomic E-state index is 0.649. The van der Waals surface area contributed by atoms with E-state index in [9.17, 15) is 0 Å². The Morgan fingerprint density at radius 2 is 1.57 bits per heavy atom. The van der Waals surface area contributed by atoms with Gasteiger partial charge in [0.25, 0.3) is 0 Å². The molecule has 0 amide bonds. The van der Waals surface area contributed by atoms with E-state index in [2.05, 4.69) is 24.8 Å². The smallest absolute Gasteiger partial charge is 0.0704 e. The van der Waals surface area contributed by atoms with Crippen LogP contribution in [0, 0.1) is 7.11 Å². The maximum Gasteiger partial charge on any atom is 0.0704 e. The van der Waals surface area contributed by atoms with Crippen molar-refractivity contribution in [2.45, 2.75) is 58.3 Å². The highest BCUT2D eigenvalue weighted by Crippen LogP contribution is 2.08. The highest BCUT2D eigenvalue weighted by atomic mass is 16.5. The summed E-state index contributed by atoms with van der Waals surface area (Å²) < 4.78 is 4.68. The lowest BCUT2D eigenvalue weighted by Gasteiger charge is -1.98. The summed E-state index contributed by atoms with van der Waals surface area (Å²) in [6.07, 6.45) is 15.1. The fraction of sp³-hybridized carbons (Fsp3) is 0.769. The van der Waals surface area contributed by atoms with Crippen molar-refractivity contribution in [1.29, 1.82) is 0 Å². The molecule has 0 spiro atoms. The van der Waals surface area contributed by atoms with Gasteiger partial charge in [0, 0.05) is 0 Å². The Morgan fingerprint density at radius 3 is 2.21 bits per heavy atom. The van der Waals surface area contributed by atoms with Crippen molar-refractivity contribution < 1.29 is 4.74 Å². The molecule has 0 atom stereocenters. The van der Waals surface area contributed by atoms with E-state index in [1.165, 1.54) is 51.4 Å². The molecule has 0 aromatic rings. The molecule has 0 saturated carbocycles. The number of ether oxygens (including phenoxy) is 1. The molecule has 0 aliphatic heterocycles. The molecule has 1 radical (unpaired) electrons. The molecule has 0 fully saturated rings. The summed E-state index contributed by atoms with van der Waals surface area (Å²) in [5, 5.41) is 0. The van der Waals surface area contributed by atoms with Crippen LogP contribution in [-0.4, -0.2) is 6.61 Å². The van der Waals surface area contributed by atoms with Crippen molar-refractivity contribution >= 4 is 0 Å². The second kappa shape index (κ2) is 12.7. The molecule has 83 valence electrons. The lowest BCUT2D eigenvalue weighted by molar-refractivity contribution is 0.281. The molecule has 0 aliphatic rings. The van der Waals surface area contributed by atoms with Gasteiger partial charge in [0.15, 0.2) is 0 Å². The van der Waals surface area contributed by atoms with Crippen LogP contribution in [0.1, 0.15) is 58.3 Å². The topological polar surface area (TPSA) is 9.23 Å². The van der Waals surface area contributed by atoms with Crippen LogP contribution < -0.4 is 0 Å². The van der Waals surface area contributed by atoms with Crippen LogP contribution in [0.15, 0.2) is 12.2 Å². The van der Waals surface area contributed by atoms with Gasteiger partial charge < -0.3 is 4.74 Å². The van der Waals surface area contributed by atoms with Gasteiger partial charge in [-0.25, -0.2) is 0 Å². The molecule has 0 N–H and O–H groups in total. The maximum absolute atomic E-state index is 4.68. The molecule has 0 aliphatic carbocycles. The van der Waals surface area contributed by atoms with E-state index in [1.807, 2.05) is 6.08 Å². The van der Waals surface area contributed by atoms with Crippen LogP contribution in [0.25, 0.3) is 0 Å². The summed E-state index contributed by atoms with van der Waals surface area (Å²) in [7, 11) is 3.31. The molecule has 0 heterocycles. The number of hydrogen-bond donors (Lipinski definition) is 0. The first-order chi connectivity index (χ1) is 6.91. The molecule has 0 rings (SSSR count). The van der Waals surface area contributed by atoms with E-state index in [4.69, 9.17) is 0 Å².